The van der Waals surface area contributed by atoms with Crippen LogP contribution in [0.25, 0.3) is 22.3 Å². The van der Waals surface area contributed by atoms with Gasteiger partial charge >= 0.3 is 12.0 Å². The van der Waals surface area contributed by atoms with E-state index in [2.05, 4.69) is 10.3 Å². The molecule has 44 heavy (non-hydrogen) atoms. The number of aryl methyl sites for hydroxylation is 1. The van der Waals surface area contributed by atoms with Crippen LogP contribution in [0.3, 0.4) is 0 Å². The molecule has 3 aromatic rings. The van der Waals surface area contributed by atoms with E-state index >= 15 is 0 Å². The standard InChI is InChI=1S/C32H36N6O6/c1-19-25(43-3)10-9-23-26(19)34-27(20-11-13-33-14-12-20)35-29(23)44-22-16-24-28(39)36-32(30(40)41)17-21(32)8-6-4-5-7-15-37(2)31(42)38(24)18-22/h6,8-14,21-22,24H,4-5,7,15-18H2,1-3H3,(H,36,39)(H,40,41)/b8-6-/t21-,22+,24-,32+/m0/s1. The lowest BCUT2D eigenvalue weighted by atomic mass is 10.1. The van der Waals surface area contributed by atoms with Gasteiger partial charge in [0.15, 0.2) is 5.82 Å². The number of pyridine rings is 1. The molecule has 0 radical (unpaired) electrons. The number of ether oxygens (including phenoxy) is 2. The molecule has 4 heterocycles. The molecule has 1 aliphatic carbocycles. The number of aromatic nitrogens is 3. The summed E-state index contributed by atoms with van der Waals surface area (Å²) in [6, 6.07) is 6.07. The van der Waals surface area contributed by atoms with E-state index in [1.54, 1.807) is 31.5 Å². The van der Waals surface area contributed by atoms with E-state index in [0.717, 1.165) is 30.4 Å². The number of carboxylic acid groups (broad SMARTS) is 1. The molecule has 0 spiro atoms. The van der Waals surface area contributed by atoms with Crippen molar-refractivity contribution in [1.82, 2.24) is 30.1 Å². The van der Waals surface area contributed by atoms with Crippen LogP contribution < -0.4 is 14.8 Å². The van der Waals surface area contributed by atoms with Crippen LogP contribution in [0.4, 0.5) is 4.79 Å². The van der Waals surface area contributed by atoms with Crippen molar-refractivity contribution in [3.05, 3.63) is 54.4 Å². The van der Waals surface area contributed by atoms with E-state index in [1.807, 2.05) is 43.3 Å². The fourth-order valence-electron chi connectivity index (χ4n) is 6.18. The van der Waals surface area contributed by atoms with Crippen LogP contribution in [-0.2, 0) is 9.59 Å². The monoisotopic (exact) mass is 600 g/mol. The minimum atomic E-state index is -1.36. The number of aliphatic carboxylic acids is 1. The molecule has 1 saturated carbocycles. The SMILES string of the molecule is COc1ccc2c(O[C@@H]3C[C@H]4C(=O)N[C@]5(C(=O)O)C[C@@H]5/C=C\CCCCN(C)C(=O)N4C3)nc(-c3ccncc3)nc2c1C. The van der Waals surface area contributed by atoms with Gasteiger partial charge in [-0.15, -0.1) is 0 Å². The molecule has 12 nitrogen and oxygen atoms in total. The number of allylic oxidation sites excluding steroid dienone is 1. The van der Waals surface area contributed by atoms with Crippen LogP contribution in [0, 0.1) is 12.8 Å². The minimum Gasteiger partial charge on any atom is -0.496 e. The highest BCUT2D eigenvalue weighted by Gasteiger charge is 2.61. The van der Waals surface area contributed by atoms with Gasteiger partial charge in [-0.3, -0.25) is 9.78 Å². The average molecular weight is 601 g/mol. The molecule has 3 aliphatic rings. The lowest BCUT2D eigenvalue weighted by Gasteiger charge is -2.29. The third-order valence-electron chi connectivity index (χ3n) is 8.84. The second-order valence-electron chi connectivity index (χ2n) is 11.7. The third kappa shape index (κ3) is 5.40. The normalized spacial score (nSPS) is 26.3. The van der Waals surface area contributed by atoms with Crippen molar-refractivity contribution in [2.45, 2.75) is 56.7 Å². The van der Waals surface area contributed by atoms with Crippen LogP contribution in [-0.4, -0.2) is 92.7 Å². The van der Waals surface area contributed by atoms with Crippen molar-refractivity contribution < 1.29 is 29.0 Å². The van der Waals surface area contributed by atoms with Crippen LogP contribution >= 0.6 is 0 Å². The molecule has 12 heteroatoms. The largest absolute Gasteiger partial charge is 0.496 e. The predicted molar refractivity (Wildman–Crippen MR) is 161 cm³/mol. The first-order valence-corrected chi connectivity index (χ1v) is 14.9. The summed E-state index contributed by atoms with van der Waals surface area (Å²) in [5, 5.41) is 13.5. The smallest absolute Gasteiger partial charge is 0.330 e. The van der Waals surface area contributed by atoms with Gasteiger partial charge in [-0.05, 0) is 56.9 Å². The fraction of sp³-hybridized carbons (Fsp3) is 0.438. The molecule has 0 bridgehead atoms. The van der Waals surface area contributed by atoms with Gasteiger partial charge in [-0.25, -0.2) is 14.6 Å². The summed E-state index contributed by atoms with van der Waals surface area (Å²) in [5.41, 5.74) is 0.859. The van der Waals surface area contributed by atoms with Crippen LogP contribution in [0.5, 0.6) is 11.6 Å². The Morgan fingerprint density at radius 1 is 1.14 bits per heavy atom. The van der Waals surface area contributed by atoms with Gasteiger partial charge in [0.2, 0.25) is 11.8 Å². The Balaban J connectivity index is 1.34. The summed E-state index contributed by atoms with van der Waals surface area (Å²) in [5.74, 6) is -0.433. The number of carbonyl (C=O) groups excluding carboxylic acids is 2. The van der Waals surface area contributed by atoms with Crippen molar-refractivity contribution in [2.75, 3.05) is 27.2 Å². The second-order valence-corrected chi connectivity index (χ2v) is 11.7. The van der Waals surface area contributed by atoms with E-state index in [-0.39, 0.29) is 24.9 Å². The first-order chi connectivity index (χ1) is 21.2. The number of amides is 3. The highest BCUT2D eigenvalue weighted by Crippen LogP contribution is 2.45. The number of fused-ring (bicyclic) bond motifs is 3. The third-order valence-corrected chi connectivity index (χ3v) is 8.84. The maximum Gasteiger partial charge on any atom is 0.330 e. The summed E-state index contributed by atoms with van der Waals surface area (Å²) in [6.07, 6.45) is 9.54. The summed E-state index contributed by atoms with van der Waals surface area (Å²) < 4.78 is 12.1. The highest BCUT2D eigenvalue weighted by molar-refractivity contribution is 5.95. The molecular formula is C32H36N6O6. The number of benzene rings is 1. The minimum absolute atomic E-state index is 0.135. The number of nitrogens with zero attached hydrogens (tertiary/aromatic N) is 5. The lowest BCUT2D eigenvalue weighted by molar-refractivity contribution is -0.144. The number of urea groups is 1. The van der Waals surface area contributed by atoms with Crippen molar-refractivity contribution in [2.24, 2.45) is 5.92 Å². The summed E-state index contributed by atoms with van der Waals surface area (Å²) >= 11 is 0. The topological polar surface area (TPSA) is 147 Å². The van der Waals surface area contributed by atoms with Gasteiger partial charge in [0.1, 0.15) is 23.4 Å². The van der Waals surface area contributed by atoms with E-state index in [1.165, 1.54) is 4.90 Å². The molecule has 2 N–H and O–H groups in total. The number of rotatable bonds is 5. The van der Waals surface area contributed by atoms with E-state index in [9.17, 15) is 19.5 Å². The van der Waals surface area contributed by atoms with Crippen LogP contribution in [0.2, 0.25) is 0 Å². The number of methoxy groups -OCH3 is 1. The Bertz CT molecular complexity index is 1630. The van der Waals surface area contributed by atoms with Gasteiger partial charge in [0.25, 0.3) is 0 Å². The van der Waals surface area contributed by atoms with Gasteiger partial charge in [-0.2, -0.15) is 4.98 Å². The van der Waals surface area contributed by atoms with Crippen molar-refractivity contribution in [3.8, 4) is 23.0 Å². The second kappa shape index (κ2) is 11.7. The van der Waals surface area contributed by atoms with Gasteiger partial charge in [-0.1, -0.05) is 12.2 Å². The Hall–Kier alpha value is -4.74. The van der Waals surface area contributed by atoms with E-state index in [0.29, 0.717) is 41.3 Å². The predicted octanol–water partition coefficient (Wildman–Crippen LogP) is 3.58. The van der Waals surface area contributed by atoms with Crippen LogP contribution in [0.1, 0.15) is 37.7 Å². The van der Waals surface area contributed by atoms with Crippen molar-refractivity contribution >= 4 is 28.8 Å². The molecule has 4 atom stereocenters. The molecule has 1 saturated heterocycles. The molecule has 2 aliphatic heterocycles. The van der Waals surface area contributed by atoms with Crippen molar-refractivity contribution in [3.63, 3.8) is 0 Å². The summed E-state index contributed by atoms with van der Waals surface area (Å²) in [4.78, 5) is 56.4. The first kappa shape index (κ1) is 29.3. The van der Waals surface area contributed by atoms with E-state index < -0.39 is 29.6 Å². The summed E-state index contributed by atoms with van der Waals surface area (Å²) in [7, 11) is 3.32. The molecule has 3 amide bonds. The average Bonchev–Trinajstić information content (AvgIpc) is 3.56. The Labute approximate surface area is 255 Å². The molecule has 2 fully saturated rings. The van der Waals surface area contributed by atoms with Gasteiger partial charge < -0.3 is 29.7 Å². The number of hydrogen-bond acceptors (Lipinski definition) is 8. The Morgan fingerprint density at radius 3 is 2.68 bits per heavy atom. The maximum absolute atomic E-state index is 13.7. The molecule has 230 valence electrons. The number of carboxylic acids is 1. The van der Waals surface area contributed by atoms with E-state index in [4.69, 9.17) is 19.4 Å². The quantitative estimate of drug-likeness (QED) is 0.420. The number of nitrogens with one attached hydrogen (secondary N) is 1. The maximum atomic E-state index is 13.7. The zero-order valence-corrected chi connectivity index (χ0v) is 25.0. The molecule has 0 unspecified atom stereocenters. The molecule has 1 aromatic carbocycles. The number of hydrogen-bond donors (Lipinski definition) is 2. The van der Waals surface area contributed by atoms with Gasteiger partial charge in [0, 0.05) is 49.5 Å². The Kier molecular flexibility index (Phi) is 7.83. The number of carbonyl (C=O) groups is 3. The highest BCUT2D eigenvalue weighted by atomic mass is 16.5. The molecule has 2 aromatic heterocycles. The Morgan fingerprint density at radius 2 is 1.93 bits per heavy atom. The zero-order valence-electron chi connectivity index (χ0n) is 25.0. The first-order valence-electron chi connectivity index (χ1n) is 14.9. The summed E-state index contributed by atoms with van der Waals surface area (Å²) in [6.45, 7) is 2.59. The van der Waals surface area contributed by atoms with Crippen molar-refractivity contribution in [1.29, 1.82) is 0 Å². The zero-order chi connectivity index (χ0) is 31.0. The molecule has 6 rings (SSSR count). The van der Waals surface area contributed by atoms with Crippen LogP contribution in [0.15, 0.2) is 48.8 Å². The fourth-order valence-corrected chi connectivity index (χ4v) is 6.18. The molecular weight excluding hydrogens is 564 g/mol. The lowest BCUT2D eigenvalue weighted by Crippen LogP contribution is -2.54. The van der Waals surface area contributed by atoms with Gasteiger partial charge in [0.05, 0.1) is 24.6 Å².